The van der Waals surface area contributed by atoms with Crippen molar-refractivity contribution in [3.63, 3.8) is 0 Å². The Morgan fingerprint density at radius 1 is 1.24 bits per heavy atom. The van der Waals surface area contributed by atoms with Crippen molar-refractivity contribution < 1.29 is 23.5 Å². The summed E-state index contributed by atoms with van der Waals surface area (Å²) in [5.74, 6) is -1.98. The van der Waals surface area contributed by atoms with Gasteiger partial charge in [-0.15, -0.1) is 0 Å². The molecule has 0 unspecified atom stereocenters. The standard InChI is InChI=1S/C14H15FN2O4/c15-11-4-2-1-3-9(11)7-13(19)21-8-12(18)17-14(20)16-10-5-6-10/h1-4,10H,5-8H2,(H2,16,17,18,20). The highest BCUT2D eigenvalue weighted by atomic mass is 19.1. The maximum absolute atomic E-state index is 13.3. The van der Waals surface area contributed by atoms with Crippen LogP contribution in [0.4, 0.5) is 9.18 Å². The molecule has 1 aromatic carbocycles. The van der Waals surface area contributed by atoms with Crippen LogP contribution >= 0.6 is 0 Å². The monoisotopic (exact) mass is 294 g/mol. The Hall–Kier alpha value is -2.44. The molecule has 0 spiro atoms. The molecule has 1 aromatic rings. The van der Waals surface area contributed by atoms with E-state index in [0.29, 0.717) is 0 Å². The van der Waals surface area contributed by atoms with Gasteiger partial charge in [-0.1, -0.05) is 18.2 Å². The molecular weight excluding hydrogens is 279 g/mol. The summed E-state index contributed by atoms with van der Waals surface area (Å²) >= 11 is 0. The number of hydrogen-bond donors (Lipinski definition) is 2. The third-order valence-electron chi connectivity index (χ3n) is 2.82. The summed E-state index contributed by atoms with van der Waals surface area (Å²) < 4.78 is 18.0. The van der Waals surface area contributed by atoms with Gasteiger partial charge in [-0.05, 0) is 24.5 Å². The van der Waals surface area contributed by atoms with E-state index in [1.54, 1.807) is 6.07 Å². The first-order valence-corrected chi connectivity index (χ1v) is 6.54. The Morgan fingerprint density at radius 2 is 1.95 bits per heavy atom. The largest absolute Gasteiger partial charge is 0.455 e. The third-order valence-corrected chi connectivity index (χ3v) is 2.82. The van der Waals surface area contributed by atoms with E-state index in [-0.39, 0.29) is 18.0 Å². The first kappa shape index (κ1) is 15.0. The highest BCUT2D eigenvalue weighted by Gasteiger charge is 2.24. The van der Waals surface area contributed by atoms with Crippen molar-refractivity contribution in [2.75, 3.05) is 6.61 Å². The van der Waals surface area contributed by atoms with Gasteiger partial charge in [-0.3, -0.25) is 14.9 Å². The van der Waals surface area contributed by atoms with E-state index in [1.165, 1.54) is 18.2 Å². The zero-order valence-electron chi connectivity index (χ0n) is 11.2. The Labute approximate surface area is 120 Å². The van der Waals surface area contributed by atoms with Crippen molar-refractivity contribution in [2.45, 2.75) is 25.3 Å². The molecule has 0 saturated heterocycles. The highest BCUT2D eigenvalue weighted by molar-refractivity contribution is 5.95. The summed E-state index contributed by atoms with van der Waals surface area (Å²) in [4.78, 5) is 34.1. The van der Waals surface area contributed by atoms with Gasteiger partial charge in [-0.25, -0.2) is 9.18 Å². The van der Waals surface area contributed by atoms with Gasteiger partial charge in [0.2, 0.25) is 0 Å². The van der Waals surface area contributed by atoms with E-state index in [2.05, 4.69) is 10.1 Å². The van der Waals surface area contributed by atoms with Gasteiger partial charge in [0.1, 0.15) is 5.82 Å². The molecule has 1 fully saturated rings. The second kappa shape index (κ2) is 6.83. The van der Waals surface area contributed by atoms with Gasteiger partial charge in [-0.2, -0.15) is 0 Å². The summed E-state index contributed by atoms with van der Waals surface area (Å²) in [6.45, 7) is -0.578. The van der Waals surface area contributed by atoms with Crippen molar-refractivity contribution in [3.8, 4) is 0 Å². The number of esters is 1. The molecule has 0 atom stereocenters. The highest BCUT2D eigenvalue weighted by Crippen LogP contribution is 2.18. The number of halogens is 1. The number of benzene rings is 1. The van der Waals surface area contributed by atoms with Gasteiger partial charge in [0.25, 0.3) is 5.91 Å². The molecule has 0 radical (unpaired) electrons. The summed E-state index contributed by atoms with van der Waals surface area (Å²) in [7, 11) is 0. The molecule has 0 aliphatic heterocycles. The van der Waals surface area contributed by atoms with Crippen molar-refractivity contribution in [1.82, 2.24) is 10.6 Å². The smallest absolute Gasteiger partial charge is 0.321 e. The number of urea groups is 1. The summed E-state index contributed by atoms with van der Waals surface area (Å²) in [6, 6.07) is 5.32. The van der Waals surface area contributed by atoms with Crippen molar-refractivity contribution in [2.24, 2.45) is 0 Å². The maximum atomic E-state index is 13.3. The number of carbonyl (C=O) groups is 3. The lowest BCUT2D eigenvalue weighted by Gasteiger charge is -2.07. The van der Waals surface area contributed by atoms with E-state index in [9.17, 15) is 18.8 Å². The predicted molar refractivity (Wildman–Crippen MR) is 70.8 cm³/mol. The lowest BCUT2D eigenvalue weighted by molar-refractivity contribution is -0.147. The average molecular weight is 294 g/mol. The SMILES string of the molecule is O=C(COC(=O)Cc1ccccc1F)NC(=O)NC1CC1. The molecule has 7 heteroatoms. The second-order valence-electron chi connectivity index (χ2n) is 4.72. The fourth-order valence-electron chi connectivity index (χ4n) is 1.61. The molecule has 6 nitrogen and oxygen atoms in total. The number of ether oxygens (including phenoxy) is 1. The first-order valence-electron chi connectivity index (χ1n) is 6.54. The molecule has 21 heavy (non-hydrogen) atoms. The summed E-state index contributed by atoms with van der Waals surface area (Å²) in [6.07, 6.45) is 1.53. The number of amides is 3. The molecule has 1 saturated carbocycles. The molecule has 2 N–H and O–H groups in total. The van der Waals surface area contributed by atoms with Crippen LogP contribution < -0.4 is 10.6 Å². The lowest BCUT2D eigenvalue weighted by Crippen LogP contribution is -2.42. The topological polar surface area (TPSA) is 84.5 Å². The summed E-state index contributed by atoms with van der Waals surface area (Å²) in [5, 5.41) is 4.60. The number of hydrogen-bond acceptors (Lipinski definition) is 4. The minimum Gasteiger partial charge on any atom is -0.455 e. The van der Waals surface area contributed by atoms with E-state index in [1.807, 2.05) is 5.32 Å². The van der Waals surface area contributed by atoms with Gasteiger partial charge < -0.3 is 10.1 Å². The van der Waals surface area contributed by atoms with Crippen LogP contribution in [0.3, 0.4) is 0 Å². The Balaban J connectivity index is 1.69. The van der Waals surface area contributed by atoms with Crippen LogP contribution in [0.25, 0.3) is 0 Å². The average Bonchev–Trinajstić information content (AvgIpc) is 3.23. The molecule has 0 heterocycles. The van der Waals surface area contributed by atoms with Gasteiger partial charge in [0.15, 0.2) is 6.61 Å². The molecule has 3 amide bonds. The van der Waals surface area contributed by atoms with Crippen LogP contribution in [0.15, 0.2) is 24.3 Å². The molecule has 1 aliphatic rings. The van der Waals surface area contributed by atoms with Crippen LogP contribution in [0, 0.1) is 5.82 Å². The molecule has 1 aliphatic carbocycles. The lowest BCUT2D eigenvalue weighted by atomic mass is 10.1. The maximum Gasteiger partial charge on any atom is 0.321 e. The summed E-state index contributed by atoms with van der Waals surface area (Å²) in [5.41, 5.74) is 0.189. The molecule has 2 rings (SSSR count). The van der Waals surface area contributed by atoms with Gasteiger partial charge in [0.05, 0.1) is 6.42 Å². The zero-order chi connectivity index (χ0) is 15.2. The molecule has 0 bridgehead atoms. The minimum absolute atomic E-state index is 0.126. The van der Waals surface area contributed by atoms with Crippen LogP contribution in [-0.4, -0.2) is 30.6 Å². The fraction of sp³-hybridized carbons (Fsp3) is 0.357. The van der Waals surface area contributed by atoms with Crippen LogP contribution in [0.2, 0.25) is 0 Å². The molecule has 0 aromatic heterocycles. The molecular formula is C14H15FN2O4. The van der Waals surface area contributed by atoms with Crippen LogP contribution in [0.5, 0.6) is 0 Å². The molecule has 112 valence electrons. The fourth-order valence-corrected chi connectivity index (χ4v) is 1.61. The Bertz CT molecular complexity index is 558. The van der Waals surface area contributed by atoms with Crippen molar-refractivity contribution >= 4 is 17.9 Å². The third kappa shape index (κ3) is 5.21. The van der Waals surface area contributed by atoms with Crippen LogP contribution in [0.1, 0.15) is 18.4 Å². The van der Waals surface area contributed by atoms with Crippen LogP contribution in [-0.2, 0) is 20.7 Å². The van der Waals surface area contributed by atoms with Crippen molar-refractivity contribution in [1.29, 1.82) is 0 Å². The van der Waals surface area contributed by atoms with Gasteiger partial charge >= 0.3 is 12.0 Å². The van der Waals surface area contributed by atoms with E-state index in [4.69, 9.17) is 0 Å². The number of carbonyl (C=O) groups excluding carboxylic acids is 3. The number of imide groups is 1. The quantitative estimate of drug-likeness (QED) is 0.790. The van der Waals surface area contributed by atoms with E-state index >= 15 is 0 Å². The number of nitrogens with one attached hydrogen (secondary N) is 2. The number of rotatable bonds is 5. The second-order valence-corrected chi connectivity index (χ2v) is 4.72. The first-order chi connectivity index (χ1) is 10.0. The Morgan fingerprint density at radius 3 is 2.62 bits per heavy atom. The zero-order valence-corrected chi connectivity index (χ0v) is 11.2. The normalized spacial score (nSPS) is 13.4. The van der Waals surface area contributed by atoms with E-state index in [0.717, 1.165) is 12.8 Å². The minimum atomic E-state index is -0.738. The van der Waals surface area contributed by atoms with E-state index < -0.39 is 30.3 Å². The predicted octanol–water partition coefficient (Wildman–Crippen LogP) is 0.900. The van der Waals surface area contributed by atoms with Crippen molar-refractivity contribution in [3.05, 3.63) is 35.6 Å². The Kier molecular flexibility index (Phi) is 4.86. The van der Waals surface area contributed by atoms with Gasteiger partial charge in [0, 0.05) is 6.04 Å².